The summed E-state index contributed by atoms with van der Waals surface area (Å²) in [5, 5.41) is 0. The molecule has 0 aromatic heterocycles. The van der Waals surface area contributed by atoms with Crippen molar-refractivity contribution in [2.45, 2.75) is 46.6 Å². The zero-order chi connectivity index (χ0) is 14.8. The highest BCUT2D eigenvalue weighted by molar-refractivity contribution is 5.96. The number of carbonyl (C=O) groups is 1. The predicted molar refractivity (Wildman–Crippen MR) is 72.1 cm³/mol. The predicted octanol–water partition coefficient (Wildman–Crippen LogP) is 3.61. The van der Waals surface area contributed by atoms with Crippen LogP contribution in [0.1, 0.15) is 49.5 Å². The fraction of sp³-hybridized carbons (Fsp3) is 0.533. The third kappa shape index (κ3) is 4.39. The van der Waals surface area contributed by atoms with Gasteiger partial charge in [-0.15, -0.1) is 0 Å². The third-order valence-electron chi connectivity index (χ3n) is 2.90. The lowest BCUT2D eigenvalue weighted by molar-refractivity contribution is 0.0963. The Morgan fingerprint density at radius 3 is 2.37 bits per heavy atom. The molecule has 0 bridgehead atoms. The van der Waals surface area contributed by atoms with Gasteiger partial charge in [-0.25, -0.2) is 8.78 Å². The summed E-state index contributed by atoms with van der Waals surface area (Å²) in [5.41, 5.74) is 5.85. The molecule has 0 spiro atoms. The largest absolute Gasteiger partial charge is 0.327 e. The van der Waals surface area contributed by atoms with Crippen LogP contribution in [0.25, 0.3) is 0 Å². The summed E-state index contributed by atoms with van der Waals surface area (Å²) >= 11 is 0. The molecule has 1 aromatic rings. The summed E-state index contributed by atoms with van der Waals surface area (Å²) in [6.07, 6.45) is 0.672. The van der Waals surface area contributed by atoms with Gasteiger partial charge >= 0.3 is 0 Å². The fourth-order valence-electron chi connectivity index (χ4n) is 2.07. The van der Waals surface area contributed by atoms with E-state index in [0.717, 1.165) is 0 Å². The molecule has 0 saturated carbocycles. The van der Waals surface area contributed by atoms with E-state index in [1.807, 2.05) is 20.8 Å². The molecule has 106 valence electrons. The van der Waals surface area contributed by atoms with Gasteiger partial charge in [-0.1, -0.05) is 26.8 Å². The van der Waals surface area contributed by atoms with E-state index < -0.39 is 17.4 Å². The minimum absolute atomic E-state index is 0.00321. The average molecular weight is 269 g/mol. The van der Waals surface area contributed by atoms with Gasteiger partial charge in [0.2, 0.25) is 0 Å². The van der Waals surface area contributed by atoms with Gasteiger partial charge in [0, 0.05) is 12.5 Å². The van der Waals surface area contributed by atoms with Crippen LogP contribution in [-0.2, 0) is 0 Å². The van der Waals surface area contributed by atoms with Crippen molar-refractivity contribution in [2.75, 3.05) is 0 Å². The van der Waals surface area contributed by atoms with Crippen molar-refractivity contribution in [3.05, 3.63) is 34.9 Å². The highest BCUT2D eigenvalue weighted by atomic mass is 19.2. The molecule has 19 heavy (non-hydrogen) atoms. The van der Waals surface area contributed by atoms with Gasteiger partial charge in [-0.3, -0.25) is 4.79 Å². The first-order valence-electron chi connectivity index (χ1n) is 6.35. The maximum Gasteiger partial charge on any atom is 0.169 e. The van der Waals surface area contributed by atoms with Crippen molar-refractivity contribution < 1.29 is 13.6 Å². The van der Waals surface area contributed by atoms with Crippen molar-refractivity contribution >= 4 is 5.78 Å². The van der Waals surface area contributed by atoms with Gasteiger partial charge in [0.1, 0.15) is 0 Å². The number of hydrogen-bond donors (Lipinski definition) is 1. The molecule has 1 atom stereocenters. The number of carbonyl (C=O) groups excluding carboxylic acids is 1. The highest BCUT2D eigenvalue weighted by Crippen LogP contribution is 2.23. The minimum Gasteiger partial charge on any atom is -0.327 e. The summed E-state index contributed by atoms with van der Waals surface area (Å²) in [6, 6.07) is 2.37. The monoisotopic (exact) mass is 269 g/mol. The van der Waals surface area contributed by atoms with E-state index in [2.05, 4.69) is 0 Å². The zero-order valence-electron chi connectivity index (χ0n) is 11.9. The molecule has 0 fully saturated rings. The van der Waals surface area contributed by atoms with Crippen molar-refractivity contribution in [3.8, 4) is 0 Å². The molecule has 1 rings (SSSR count). The van der Waals surface area contributed by atoms with Crippen LogP contribution in [0.2, 0.25) is 0 Å². The van der Waals surface area contributed by atoms with Crippen LogP contribution < -0.4 is 5.73 Å². The van der Waals surface area contributed by atoms with Gasteiger partial charge in [0.25, 0.3) is 0 Å². The Balaban J connectivity index is 2.82. The standard InChI is InChI=1S/C15H21F2NO/c1-9-5-6-11(14(17)13(9)16)12(19)7-10(18)8-15(2,3)4/h5-6,10H,7-8,18H2,1-4H3. The smallest absolute Gasteiger partial charge is 0.169 e. The zero-order valence-corrected chi connectivity index (χ0v) is 11.9. The number of rotatable bonds is 4. The molecule has 2 nitrogen and oxygen atoms in total. The third-order valence-corrected chi connectivity index (χ3v) is 2.90. The maximum absolute atomic E-state index is 13.7. The van der Waals surface area contributed by atoms with Gasteiger partial charge in [0.05, 0.1) is 5.56 Å². The van der Waals surface area contributed by atoms with Crippen LogP contribution in [0.4, 0.5) is 8.78 Å². The first-order chi connectivity index (χ1) is 8.61. The lowest BCUT2D eigenvalue weighted by Gasteiger charge is -2.22. The van der Waals surface area contributed by atoms with Gasteiger partial charge < -0.3 is 5.73 Å². The van der Waals surface area contributed by atoms with Gasteiger partial charge in [0.15, 0.2) is 17.4 Å². The SMILES string of the molecule is Cc1ccc(C(=O)CC(N)CC(C)(C)C)c(F)c1F. The molecule has 0 radical (unpaired) electrons. The lowest BCUT2D eigenvalue weighted by atomic mass is 9.86. The van der Waals surface area contributed by atoms with Crippen molar-refractivity contribution in [1.82, 2.24) is 0 Å². The first-order valence-corrected chi connectivity index (χ1v) is 6.35. The second-order valence-electron chi connectivity index (χ2n) is 6.21. The van der Waals surface area contributed by atoms with Crippen LogP contribution in [0.15, 0.2) is 12.1 Å². The molecule has 0 saturated heterocycles. The number of halogens is 2. The maximum atomic E-state index is 13.7. The topological polar surface area (TPSA) is 43.1 Å². The number of aryl methyl sites for hydroxylation is 1. The Morgan fingerprint density at radius 1 is 1.26 bits per heavy atom. The number of ketones is 1. The Morgan fingerprint density at radius 2 is 1.84 bits per heavy atom. The average Bonchev–Trinajstić information content (AvgIpc) is 2.23. The molecular weight excluding hydrogens is 248 g/mol. The Bertz CT molecular complexity index is 478. The number of benzene rings is 1. The number of Topliss-reactive ketones (excluding diaryl/α,β-unsaturated/α-hetero) is 1. The van der Waals surface area contributed by atoms with Crippen molar-refractivity contribution in [2.24, 2.45) is 11.1 Å². The molecule has 0 aliphatic heterocycles. The molecule has 1 aromatic carbocycles. The van der Waals surface area contributed by atoms with Crippen molar-refractivity contribution in [3.63, 3.8) is 0 Å². The van der Waals surface area contributed by atoms with E-state index in [1.165, 1.54) is 19.1 Å². The number of hydrogen-bond acceptors (Lipinski definition) is 2. The molecule has 0 heterocycles. The Labute approximate surface area is 113 Å². The van der Waals surface area contributed by atoms with Crippen molar-refractivity contribution in [1.29, 1.82) is 0 Å². The van der Waals surface area contributed by atoms with E-state index in [-0.39, 0.29) is 29.0 Å². The minimum atomic E-state index is -1.08. The first kappa shape index (κ1) is 15.8. The molecular formula is C15H21F2NO. The molecule has 0 aliphatic rings. The Hall–Kier alpha value is -1.29. The van der Waals surface area contributed by atoms with E-state index in [9.17, 15) is 13.6 Å². The second-order valence-corrected chi connectivity index (χ2v) is 6.21. The normalized spacial score (nSPS) is 13.4. The van der Waals surface area contributed by atoms with Gasteiger partial charge in [-0.05, 0) is 30.4 Å². The molecule has 0 amide bonds. The molecule has 0 aliphatic carbocycles. The van der Waals surface area contributed by atoms with Crippen LogP contribution in [0.5, 0.6) is 0 Å². The number of nitrogens with two attached hydrogens (primary N) is 1. The molecule has 2 N–H and O–H groups in total. The van der Waals surface area contributed by atoms with Crippen LogP contribution >= 0.6 is 0 Å². The molecule has 4 heteroatoms. The van der Waals surface area contributed by atoms with Crippen LogP contribution in [0.3, 0.4) is 0 Å². The van der Waals surface area contributed by atoms with Gasteiger partial charge in [-0.2, -0.15) is 0 Å². The van der Waals surface area contributed by atoms with E-state index in [4.69, 9.17) is 5.73 Å². The van der Waals surface area contributed by atoms with E-state index in [0.29, 0.717) is 6.42 Å². The molecule has 1 unspecified atom stereocenters. The van der Waals surface area contributed by atoms with Crippen LogP contribution in [0, 0.1) is 24.0 Å². The summed E-state index contributed by atoms with van der Waals surface area (Å²) in [6.45, 7) is 7.51. The highest BCUT2D eigenvalue weighted by Gasteiger charge is 2.22. The quantitative estimate of drug-likeness (QED) is 0.848. The van der Waals surface area contributed by atoms with Crippen LogP contribution in [-0.4, -0.2) is 11.8 Å². The summed E-state index contributed by atoms with van der Waals surface area (Å²) in [7, 11) is 0. The summed E-state index contributed by atoms with van der Waals surface area (Å²) < 4.78 is 27.1. The second kappa shape index (κ2) is 5.78. The van der Waals surface area contributed by atoms with E-state index >= 15 is 0 Å². The lowest BCUT2D eigenvalue weighted by Crippen LogP contribution is -2.29. The Kier molecular flexibility index (Phi) is 4.80. The summed E-state index contributed by atoms with van der Waals surface area (Å²) in [4.78, 5) is 11.9. The fourth-order valence-corrected chi connectivity index (χ4v) is 2.07. The van der Waals surface area contributed by atoms with E-state index in [1.54, 1.807) is 0 Å². The summed E-state index contributed by atoms with van der Waals surface area (Å²) in [5.74, 6) is -2.49.